The lowest BCUT2D eigenvalue weighted by Crippen LogP contribution is -2.25. The highest BCUT2D eigenvalue weighted by Gasteiger charge is 2.21. The van der Waals surface area contributed by atoms with Crippen molar-refractivity contribution in [1.82, 2.24) is 14.1 Å². The highest BCUT2D eigenvalue weighted by molar-refractivity contribution is 7.91. The fourth-order valence-corrected chi connectivity index (χ4v) is 3.82. The van der Waals surface area contributed by atoms with Gasteiger partial charge in [0.1, 0.15) is 4.21 Å². The molecule has 17 heavy (non-hydrogen) atoms. The Morgan fingerprint density at radius 3 is 2.82 bits per heavy atom. The lowest BCUT2D eigenvalue weighted by atomic mass is 10.4. The van der Waals surface area contributed by atoms with Crippen LogP contribution >= 0.6 is 11.3 Å². The van der Waals surface area contributed by atoms with E-state index in [4.69, 9.17) is 0 Å². The van der Waals surface area contributed by atoms with Gasteiger partial charge < -0.3 is 0 Å². The van der Waals surface area contributed by atoms with E-state index in [1.165, 1.54) is 15.6 Å². The van der Waals surface area contributed by atoms with Crippen molar-refractivity contribution in [3.8, 4) is 0 Å². The summed E-state index contributed by atoms with van der Waals surface area (Å²) in [5.41, 5.74) is 0.870. The van der Waals surface area contributed by atoms with Crippen molar-refractivity contribution in [1.29, 1.82) is 0 Å². The van der Waals surface area contributed by atoms with Crippen LogP contribution in [0.2, 0.25) is 0 Å². The molecule has 7 heteroatoms. The number of rotatable bonds is 4. The predicted octanol–water partition coefficient (Wildman–Crippen LogP) is 1.30. The number of sulfonamides is 1. The van der Waals surface area contributed by atoms with Gasteiger partial charge in [0.25, 0.3) is 10.0 Å². The Hall–Kier alpha value is -1.18. The smallest absolute Gasteiger partial charge is 0.252 e. The van der Waals surface area contributed by atoms with E-state index in [1.807, 2.05) is 0 Å². The van der Waals surface area contributed by atoms with Gasteiger partial charge in [0.15, 0.2) is 0 Å². The average Bonchev–Trinajstić information content (AvgIpc) is 2.89. The Kier molecular flexibility index (Phi) is 3.32. The monoisotopic (exact) mass is 271 g/mol. The van der Waals surface area contributed by atoms with Crippen LogP contribution in [0.4, 0.5) is 0 Å². The lowest BCUT2D eigenvalue weighted by molar-refractivity contribution is 0.468. The van der Waals surface area contributed by atoms with Crippen molar-refractivity contribution >= 4 is 21.4 Å². The van der Waals surface area contributed by atoms with E-state index in [0.29, 0.717) is 10.8 Å². The molecule has 0 amide bonds. The number of aryl methyl sites for hydroxylation is 1. The molecule has 0 spiro atoms. The molecular formula is C10H13N3O2S2. The zero-order valence-corrected chi connectivity index (χ0v) is 11.2. The Labute approximate surface area is 104 Å². The maximum Gasteiger partial charge on any atom is 0.252 e. The zero-order chi connectivity index (χ0) is 12.5. The molecule has 0 saturated heterocycles. The average molecular weight is 271 g/mol. The van der Waals surface area contributed by atoms with Crippen molar-refractivity contribution < 1.29 is 8.42 Å². The summed E-state index contributed by atoms with van der Waals surface area (Å²) in [7, 11) is 0.00456. The van der Waals surface area contributed by atoms with E-state index in [-0.39, 0.29) is 0 Å². The summed E-state index contributed by atoms with van der Waals surface area (Å²) < 4.78 is 27.6. The minimum atomic E-state index is -3.37. The second-order valence-electron chi connectivity index (χ2n) is 3.72. The van der Waals surface area contributed by atoms with Gasteiger partial charge in [0.2, 0.25) is 0 Å². The minimum absolute atomic E-state index is 0.327. The van der Waals surface area contributed by atoms with Crippen molar-refractivity contribution in [3.05, 3.63) is 35.5 Å². The first-order valence-electron chi connectivity index (χ1n) is 4.97. The number of aromatic nitrogens is 2. The van der Waals surface area contributed by atoms with Crippen LogP contribution in [0.25, 0.3) is 0 Å². The summed E-state index contributed by atoms with van der Waals surface area (Å²) >= 11 is 1.22. The molecule has 0 aliphatic heterocycles. The van der Waals surface area contributed by atoms with Gasteiger partial charge in [-0.2, -0.15) is 9.40 Å². The molecule has 0 atom stereocenters. The summed E-state index contributed by atoms with van der Waals surface area (Å²) in [6.07, 6.45) is 3.47. The van der Waals surface area contributed by atoms with E-state index in [0.717, 1.165) is 5.56 Å². The topological polar surface area (TPSA) is 55.2 Å². The van der Waals surface area contributed by atoms with Crippen LogP contribution in [0.5, 0.6) is 0 Å². The molecule has 0 unspecified atom stereocenters. The number of thiophene rings is 1. The Balaban J connectivity index is 2.18. The predicted molar refractivity (Wildman–Crippen MR) is 66.2 cm³/mol. The van der Waals surface area contributed by atoms with E-state index in [1.54, 1.807) is 48.7 Å². The highest BCUT2D eigenvalue weighted by atomic mass is 32.2. The summed E-state index contributed by atoms with van der Waals surface area (Å²) in [5.74, 6) is 0. The van der Waals surface area contributed by atoms with Crippen molar-refractivity contribution in [3.63, 3.8) is 0 Å². The van der Waals surface area contributed by atoms with Crippen LogP contribution in [0.3, 0.4) is 0 Å². The van der Waals surface area contributed by atoms with Gasteiger partial charge >= 0.3 is 0 Å². The van der Waals surface area contributed by atoms with Crippen LogP contribution in [0.1, 0.15) is 5.56 Å². The first-order chi connectivity index (χ1) is 8.00. The van der Waals surface area contributed by atoms with E-state index in [2.05, 4.69) is 5.10 Å². The summed E-state index contributed by atoms with van der Waals surface area (Å²) in [6, 6.07) is 3.34. The van der Waals surface area contributed by atoms with Gasteiger partial charge in [0.05, 0.1) is 6.20 Å². The van der Waals surface area contributed by atoms with Crippen LogP contribution in [0, 0.1) is 0 Å². The minimum Gasteiger partial charge on any atom is -0.275 e. The number of hydrogen-bond acceptors (Lipinski definition) is 4. The van der Waals surface area contributed by atoms with Gasteiger partial charge in [-0.1, -0.05) is 6.07 Å². The molecule has 2 aromatic heterocycles. The standard InChI is InChI=1S/C10H13N3O2S2/c1-12-7-9(6-11-12)8-13(2)17(14,15)10-4-3-5-16-10/h3-7H,8H2,1-2H3. The van der Waals surface area contributed by atoms with E-state index in [9.17, 15) is 8.42 Å². The fourth-order valence-electron chi connectivity index (χ4n) is 1.46. The molecule has 0 radical (unpaired) electrons. The Bertz CT molecular complexity index is 587. The highest BCUT2D eigenvalue weighted by Crippen LogP contribution is 2.20. The third-order valence-electron chi connectivity index (χ3n) is 2.32. The zero-order valence-electron chi connectivity index (χ0n) is 9.57. The number of nitrogens with zero attached hydrogens (tertiary/aromatic N) is 3. The molecule has 0 aromatic carbocycles. The molecule has 0 saturated carbocycles. The van der Waals surface area contributed by atoms with Crippen molar-refractivity contribution in [2.45, 2.75) is 10.8 Å². The summed E-state index contributed by atoms with van der Waals surface area (Å²) in [4.78, 5) is 0. The van der Waals surface area contributed by atoms with Gasteiger partial charge in [-0.3, -0.25) is 4.68 Å². The molecule has 2 heterocycles. The largest absolute Gasteiger partial charge is 0.275 e. The lowest BCUT2D eigenvalue weighted by Gasteiger charge is -2.14. The fraction of sp³-hybridized carbons (Fsp3) is 0.300. The van der Waals surface area contributed by atoms with Gasteiger partial charge in [-0.05, 0) is 11.4 Å². The molecule has 0 aliphatic rings. The molecule has 5 nitrogen and oxygen atoms in total. The summed E-state index contributed by atoms with van der Waals surface area (Å²) in [6.45, 7) is 0.327. The first kappa shape index (κ1) is 12.3. The Morgan fingerprint density at radius 2 is 2.29 bits per heavy atom. The SMILES string of the molecule is CN(Cc1cnn(C)c1)S(=O)(=O)c1cccs1. The second-order valence-corrected chi connectivity index (χ2v) is 6.93. The van der Waals surface area contributed by atoms with Crippen molar-refractivity contribution in [2.75, 3.05) is 7.05 Å². The maximum atomic E-state index is 12.1. The molecule has 0 aliphatic carbocycles. The van der Waals surface area contributed by atoms with Crippen LogP contribution < -0.4 is 0 Å². The second kappa shape index (κ2) is 4.59. The quantitative estimate of drug-likeness (QED) is 0.842. The molecular weight excluding hydrogens is 258 g/mol. The molecule has 0 bridgehead atoms. The molecule has 92 valence electrons. The number of hydrogen-bond donors (Lipinski definition) is 0. The normalized spacial score (nSPS) is 12.2. The van der Waals surface area contributed by atoms with Crippen LogP contribution in [-0.2, 0) is 23.6 Å². The van der Waals surface area contributed by atoms with E-state index >= 15 is 0 Å². The Morgan fingerprint density at radius 1 is 1.53 bits per heavy atom. The third-order valence-corrected chi connectivity index (χ3v) is 5.50. The molecule has 2 rings (SSSR count). The van der Waals surface area contributed by atoms with Gasteiger partial charge in [-0.15, -0.1) is 11.3 Å². The van der Waals surface area contributed by atoms with Crippen molar-refractivity contribution in [2.24, 2.45) is 7.05 Å². The molecule has 0 N–H and O–H groups in total. The van der Waals surface area contributed by atoms with Gasteiger partial charge in [-0.25, -0.2) is 8.42 Å². The van der Waals surface area contributed by atoms with E-state index < -0.39 is 10.0 Å². The van der Waals surface area contributed by atoms with Crippen LogP contribution in [0.15, 0.2) is 34.1 Å². The third kappa shape index (κ3) is 2.56. The first-order valence-corrected chi connectivity index (χ1v) is 7.29. The molecule has 0 fully saturated rings. The summed E-state index contributed by atoms with van der Waals surface area (Å²) in [5, 5.41) is 5.77. The molecule has 2 aromatic rings. The maximum absolute atomic E-state index is 12.1. The van der Waals surface area contributed by atoms with Crippen LogP contribution in [-0.4, -0.2) is 29.6 Å². The van der Waals surface area contributed by atoms with Gasteiger partial charge in [0, 0.05) is 32.4 Å².